The number of fused-ring (bicyclic) bond motifs is 10. The van der Waals surface area contributed by atoms with Crippen molar-refractivity contribution in [3.05, 3.63) is 164 Å². The minimum atomic E-state index is 0.686. The highest BCUT2D eigenvalue weighted by Crippen LogP contribution is 2.41. The number of rotatable bonds is 4. The van der Waals surface area contributed by atoms with Gasteiger partial charge in [-0.2, -0.15) is 0 Å². The molecule has 0 aliphatic heterocycles. The lowest BCUT2D eigenvalue weighted by Gasteiger charge is -2.09. The van der Waals surface area contributed by atoms with E-state index in [0.717, 1.165) is 94.1 Å². The highest BCUT2D eigenvalue weighted by molar-refractivity contribution is 6.21. The van der Waals surface area contributed by atoms with Gasteiger partial charge in [-0.15, -0.1) is 0 Å². The van der Waals surface area contributed by atoms with Crippen LogP contribution in [0.1, 0.15) is 0 Å². The maximum atomic E-state index is 6.66. The lowest BCUT2D eigenvalue weighted by atomic mass is 10.0. The van der Waals surface area contributed by atoms with Gasteiger partial charge < -0.3 is 13.4 Å². The van der Waals surface area contributed by atoms with Gasteiger partial charge in [0, 0.05) is 55.1 Å². The van der Waals surface area contributed by atoms with Crippen LogP contribution in [0.4, 0.5) is 0 Å². The zero-order valence-electron chi connectivity index (χ0n) is 27.2. The van der Waals surface area contributed by atoms with Crippen molar-refractivity contribution in [1.29, 1.82) is 0 Å². The summed E-state index contributed by atoms with van der Waals surface area (Å²) < 4.78 is 15.5. The first-order valence-corrected chi connectivity index (χ1v) is 17.1. The molecule has 0 N–H and O–H groups in total. The molecule has 0 amide bonds. The minimum absolute atomic E-state index is 0.686. The van der Waals surface area contributed by atoms with E-state index < -0.39 is 0 Å². The fraction of sp³-hybridized carbons (Fsp3) is 0. The molecule has 11 rings (SSSR count). The zero-order valence-corrected chi connectivity index (χ0v) is 27.2. The Kier molecular flexibility index (Phi) is 5.89. The van der Waals surface area contributed by atoms with Crippen molar-refractivity contribution < 1.29 is 8.83 Å². The summed E-state index contributed by atoms with van der Waals surface area (Å²) in [5.41, 5.74) is 11.3. The Morgan fingerprint density at radius 3 is 1.82 bits per heavy atom. The van der Waals surface area contributed by atoms with Crippen molar-refractivity contribution in [3.63, 3.8) is 0 Å². The van der Waals surface area contributed by atoms with E-state index in [2.05, 4.69) is 108 Å². The van der Waals surface area contributed by atoms with Gasteiger partial charge in [0.25, 0.3) is 0 Å². The molecule has 11 aromatic rings. The van der Waals surface area contributed by atoms with Crippen LogP contribution in [0.3, 0.4) is 0 Å². The molecular weight excluding hydrogens is 627 g/mol. The molecule has 7 aromatic carbocycles. The molecule has 0 saturated heterocycles. The van der Waals surface area contributed by atoms with Crippen LogP contribution in [0.2, 0.25) is 0 Å². The summed E-state index contributed by atoms with van der Waals surface area (Å²) in [6.45, 7) is 0. The molecule has 0 spiro atoms. The molecule has 4 aromatic heterocycles. The first-order valence-electron chi connectivity index (χ1n) is 17.1. The maximum absolute atomic E-state index is 6.66. The van der Waals surface area contributed by atoms with Gasteiger partial charge in [-0.05, 0) is 48.5 Å². The average Bonchev–Trinajstić information content (AvgIpc) is 3.87. The first-order chi connectivity index (χ1) is 25.3. The third kappa shape index (κ3) is 4.28. The average molecular weight is 654 g/mol. The van der Waals surface area contributed by atoms with Crippen LogP contribution in [0.15, 0.2) is 173 Å². The van der Waals surface area contributed by atoms with E-state index in [-0.39, 0.29) is 0 Å². The molecule has 0 unspecified atom stereocenters. The Balaban J connectivity index is 1.09. The van der Waals surface area contributed by atoms with E-state index >= 15 is 0 Å². The summed E-state index contributed by atoms with van der Waals surface area (Å²) in [6, 6.07) is 56.5. The van der Waals surface area contributed by atoms with Crippen molar-refractivity contribution in [2.45, 2.75) is 0 Å². The molecule has 0 radical (unpaired) electrons. The number of benzene rings is 7. The maximum Gasteiger partial charge on any atom is 0.160 e. The summed E-state index contributed by atoms with van der Waals surface area (Å²) in [4.78, 5) is 10.0. The van der Waals surface area contributed by atoms with Crippen LogP contribution in [-0.4, -0.2) is 14.5 Å². The van der Waals surface area contributed by atoms with Crippen LogP contribution in [-0.2, 0) is 0 Å². The van der Waals surface area contributed by atoms with E-state index in [1.807, 2.05) is 60.7 Å². The van der Waals surface area contributed by atoms with Crippen LogP contribution in [0.25, 0.3) is 105 Å². The monoisotopic (exact) mass is 653 g/mol. The molecule has 0 saturated carbocycles. The topological polar surface area (TPSA) is 57.0 Å². The lowest BCUT2D eigenvalue weighted by Crippen LogP contribution is -1.95. The van der Waals surface area contributed by atoms with Crippen molar-refractivity contribution >= 4 is 65.7 Å². The Labute approximate surface area is 291 Å². The summed E-state index contributed by atoms with van der Waals surface area (Å²) in [7, 11) is 0. The van der Waals surface area contributed by atoms with Gasteiger partial charge in [0.1, 0.15) is 16.7 Å². The first kappa shape index (κ1) is 27.9. The van der Waals surface area contributed by atoms with Gasteiger partial charge in [-0.3, -0.25) is 0 Å². The van der Waals surface area contributed by atoms with Crippen LogP contribution in [0.5, 0.6) is 0 Å². The molecule has 0 bridgehead atoms. The SMILES string of the molecule is c1ccc(-c2cc(-c3ccc4c(c3)oc3cc(-n5c6ccccc6c6ccc7c8ccccc8oc7c65)ccc34)nc(-c3ccccc3)n2)cc1. The Morgan fingerprint density at radius 1 is 0.392 bits per heavy atom. The predicted molar refractivity (Wildman–Crippen MR) is 207 cm³/mol. The molecule has 0 atom stereocenters. The van der Waals surface area contributed by atoms with Crippen molar-refractivity contribution in [1.82, 2.24) is 14.5 Å². The highest BCUT2D eigenvalue weighted by Gasteiger charge is 2.20. The third-order valence-electron chi connectivity index (χ3n) is 10.0. The summed E-state index contributed by atoms with van der Waals surface area (Å²) in [5, 5.41) is 6.68. The van der Waals surface area contributed by atoms with E-state index in [9.17, 15) is 0 Å². The number of aromatic nitrogens is 3. The molecule has 51 heavy (non-hydrogen) atoms. The molecular formula is C46H27N3O2. The number of furan rings is 2. The van der Waals surface area contributed by atoms with Gasteiger partial charge in [-0.25, -0.2) is 9.97 Å². The van der Waals surface area contributed by atoms with Crippen LogP contribution >= 0.6 is 0 Å². The second-order valence-electron chi connectivity index (χ2n) is 13.0. The van der Waals surface area contributed by atoms with Crippen LogP contribution < -0.4 is 0 Å². The summed E-state index contributed by atoms with van der Waals surface area (Å²) >= 11 is 0. The fourth-order valence-electron chi connectivity index (χ4n) is 7.63. The Morgan fingerprint density at radius 2 is 1.00 bits per heavy atom. The van der Waals surface area contributed by atoms with Crippen molar-refractivity contribution in [3.8, 4) is 39.6 Å². The smallest absolute Gasteiger partial charge is 0.160 e. The molecule has 0 fully saturated rings. The van der Waals surface area contributed by atoms with E-state index in [0.29, 0.717) is 5.82 Å². The molecule has 238 valence electrons. The lowest BCUT2D eigenvalue weighted by molar-refractivity contribution is 0.668. The van der Waals surface area contributed by atoms with Gasteiger partial charge in [0.15, 0.2) is 11.4 Å². The second-order valence-corrected chi connectivity index (χ2v) is 13.0. The highest BCUT2D eigenvalue weighted by atomic mass is 16.3. The van der Waals surface area contributed by atoms with Gasteiger partial charge >= 0.3 is 0 Å². The van der Waals surface area contributed by atoms with Gasteiger partial charge in [-0.1, -0.05) is 109 Å². The number of hydrogen-bond acceptors (Lipinski definition) is 4. The Hall–Kier alpha value is -6.98. The molecule has 0 aliphatic rings. The summed E-state index contributed by atoms with van der Waals surface area (Å²) in [5.74, 6) is 0.686. The number of hydrogen-bond donors (Lipinski definition) is 0. The number of para-hydroxylation sites is 2. The van der Waals surface area contributed by atoms with E-state index in [4.69, 9.17) is 18.8 Å². The minimum Gasteiger partial charge on any atom is -0.456 e. The third-order valence-corrected chi connectivity index (χ3v) is 10.0. The number of nitrogens with zero attached hydrogens (tertiary/aromatic N) is 3. The molecule has 5 heteroatoms. The zero-order chi connectivity index (χ0) is 33.5. The predicted octanol–water partition coefficient (Wildman–Crippen LogP) is 12.4. The largest absolute Gasteiger partial charge is 0.456 e. The van der Waals surface area contributed by atoms with Gasteiger partial charge in [0.05, 0.1) is 28.1 Å². The quantitative estimate of drug-likeness (QED) is 0.190. The van der Waals surface area contributed by atoms with Crippen LogP contribution in [0, 0.1) is 0 Å². The summed E-state index contributed by atoms with van der Waals surface area (Å²) in [6.07, 6.45) is 0. The molecule has 0 aliphatic carbocycles. The molecule has 5 nitrogen and oxygen atoms in total. The Bertz CT molecular complexity index is 3080. The normalized spacial score (nSPS) is 11.9. The fourth-order valence-corrected chi connectivity index (χ4v) is 7.63. The van der Waals surface area contributed by atoms with Crippen molar-refractivity contribution in [2.24, 2.45) is 0 Å². The van der Waals surface area contributed by atoms with E-state index in [1.165, 1.54) is 5.39 Å². The second kappa shape index (κ2) is 10.8. The molecule has 4 heterocycles. The van der Waals surface area contributed by atoms with Gasteiger partial charge in [0.2, 0.25) is 0 Å². The van der Waals surface area contributed by atoms with E-state index in [1.54, 1.807) is 0 Å². The van der Waals surface area contributed by atoms with Crippen molar-refractivity contribution in [2.75, 3.05) is 0 Å². The standard InChI is InChI=1S/C46H27N3O2/c1-3-11-28(12-4-1)38-27-39(48-46(47-38)29-13-5-2-6-14-29)30-19-21-34-35-22-20-31(26-43(35)50-42(34)25-30)49-40-17-9-7-15-32(40)36-23-24-37-33-16-8-10-18-41(33)51-45(37)44(36)49/h1-27H.